The summed E-state index contributed by atoms with van der Waals surface area (Å²) in [5, 5.41) is 4.34. The zero-order chi connectivity index (χ0) is 17.3. The summed E-state index contributed by atoms with van der Waals surface area (Å²) >= 11 is 12.4. The maximum absolute atomic E-state index is 11.3. The molecule has 126 valence electrons. The van der Waals surface area contributed by atoms with E-state index >= 15 is 0 Å². The number of fused-ring (bicyclic) bond motifs is 1. The van der Waals surface area contributed by atoms with Crippen molar-refractivity contribution in [3.63, 3.8) is 0 Å². The Kier molecular flexibility index (Phi) is 4.73. The van der Waals surface area contributed by atoms with Gasteiger partial charge in [0.05, 0.1) is 22.2 Å². The first-order valence-corrected chi connectivity index (χ1v) is 8.28. The number of aromatic nitrogens is 2. The van der Waals surface area contributed by atoms with Crippen LogP contribution in [0, 0.1) is 0 Å². The molecular weight excluding hydrogens is 349 g/mol. The molecule has 0 spiro atoms. The van der Waals surface area contributed by atoms with E-state index < -0.39 is 0 Å². The van der Waals surface area contributed by atoms with Crippen LogP contribution in [-0.2, 0) is 6.54 Å². The number of nitrogens with one attached hydrogen (secondary N) is 3. The largest absolute Gasteiger partial charge is 0.489 e. The predicted octanol–water partition coefficient (Wildman–Crippen LogP) is 4.56. The summed E-state index contributed by atoms with van der Waals surface area (Å²) in [6.07, 6.45) is 0.00343. The maximum Gasteiger partial charge on any atom is 0.323 e. The Balaban J connectivity index is 1.85. The van der Waals surface area contributed by atoms with Crippen molar-refractivity contribution in [3.05, 3.63) is 56.4 Å². The van der Waals surface area contributed by atoms with Gasteiger partial charge in [0.15, 0.2) is 0 Å². The molecule has 3 rings (SSSR count). The summed E-state index contributed by atoms with van der Waals surface area (Å²) in [4.78, 5) is 16.8. The van der Waals surface area contributed by atoms with Crippen LogP contribution >= 0.6 is 23.2 Å². The van der Waals surface area contributed by atoms with E-state index in [0.717, 1.165) is 22.3 Å². The molecule has 0 unspecified atom stereocenters. The van der Waals surface area contributed by atoms with Gasteiger partial charge in [-0.05, 0) is 44.2 Å². The van der Waals surface area contributed by atoms with Crippen LogP contribution in [0.4, 0.5) is 5.69 Å². The number of ether oxygens (including phenoxy) is 1. The Bertz CT molecular complexity index is 931. The molecule has 3 aromatic rings. The lowest BCUT2D eigenvalue weighted by atomic mass is 10.2. The quantitative estimate of drug-likeness (QED) is 0.620. The monoisotopic (exact) mass is 365 g/mol. The molecule has 3 N–H and O–H groups in total. The third kappa shape index (κ3) is 3.68. The van der Waals surface area contributed by atoms with Crippen molar-refractivity contribution in [2.45, 2.75) is 26.5 Å². The minimum absolute atomic E-state index is 0.00343. The van der Waals surface area contributed by atoms with Gasteiger partial charge in [-0.15, -0.1) is 0 Å². The Morgan fingerprint density at radius 2 is 1.88 bits per heavy atom. The summed E-state index contributed by atoms with van der Waals surface area (Å²) < 4.78 is 5.81. The number of anilines is 1. The molecule has 5 nitrogen and oxygen atoms in total. The zero-order valence-corrected chi connectivity index (χ0v) is 14.8. The van der Waals surface area contributed by atoms with Crippen LogP contribution in [0.3, 0.4) is 0 Å². The van der Waals surface area contributed by atoms with Gasteiger partial charge < -0.3 is 20.0 Å². The van der Waals surface area contributed by atoms with Gasteiger partial charge in [-0.2, -0.15) is 0 Å². The SMILES string of the molecule is CC(C)Oc1c(Cl)cc(Cl)cc1CNc1ccc2[nH]c(=O)[nH]c2c1. The number of H-pyrrole nitrogens is 2. The van der Waals surface area contributed by atoms with E-state index in [9.17, 15) is 4.79 Å². The van der Waals surface area contributed by atoms with Crippen LogP contribution in [0.5, 0.6) is 5.75 Å². The predicted molar refractivity (Wildman–Crippen MR) is 98.5 cm³/mol. The molecule has 0 saturated carbocycles. The van der Waals surface area contributed by atoms with Gasteiger partial charge in [0, 0.05) is 22.8 Å². The molecule has 0 radical (unpaired) electrons. The van der Waals surface area contributed by atoms with Crippen molar-refractivity contribution in [1.29, 1.82) is 0 Å². The highest BCUT2D eigenvalue weighted by molar-refractivity contribution is 6.35. The third-order valence-electron chi connectivity index (χ3n) is 3.44. The highest BCUT2D eigenvalue weighted by Crippen LogP contribution is 2.33. The average Bonchev–Trinajstić information content (AvgIpc) is 2.87. The molecule has 7 heteroatoms. The van der Waals surface area contributed by atoms with E-state index in [-0.39, 0.29) is 11.8 Å². The third-order valence-corrected chi connectivity index (χ3v) is 3.94. The first kappa shape index (κ1) is 16.7. The lowest BCUT2D eigenvalue weighted by Gasteiger charge is -2.17. The van der Waals surface area contributed by atoms with Crippen molar-refractivity contribution >= 4 is 39.9 Å². The topological polar surface area (TPSA) is 69.9 Å². The van der Waals surface area contributed by atoms with Gasteiger partial charge >= 0.3 is 5.69 Å². The van der Waals surface area contributed by atoms with Gasteiger partial charge in [-0.25, -0.2) is 4.79 Å². The standard InChI is InChI=1S/C17H17Cl2N3O2/c1-9(2)24-16-10(5-11(18)6-13(16)19)8-20-12-3-4-14-15(7-12)22-17(23)21-14/h3-7,9,20H,8H2,1-2H3,(H2,21,22,23). The van der Waals surface area contributed by atoms with E-state index in [1.54, 1.807) is 6.07 Å². The molecule has 1 aromatic heterocycles. The fraction of sp³-hybridized carbons (Fsp3) is 0.235. The van der Waals surface area contributed by atoms with Crippen LogP contribution in [0.15, 0.2) is 35.1 Å². The first-order valence-electron chi connectivity index (χ1n) is 7.53. The fourth-order valence-electron chi connectivity index (χ4n) is 2.45. The minimum atomic E-state index is -0.226. The lowest BCUT2D eigenvalue weighted by Crippen LogP contribution is -2.10. The van der Waals surface area contributed by atoms with Crippen LogP contribution in [0.2, 0.25) is 10.0 Å². The Labute approximate surface area is 148 Å². The highest BCUT2D eigenvalue weighted by Gasteiger charge is 2.12. The van der Waals surface area contributed by atoms with Crippen molar-refractivity contribution in [3.8, 4) is 5.75 Å². The Morgan fingerprint density at radius 1 is 1.12 bits per heavy atom. The summed E-state index contributed by atoms with van der Waals surface area (Å²) in [7, 11) is 0. The highest BCUT2D eigenvalue weighted by atomic mass is 35.5. The number of hydrogen-bond acceptors (Lipinski definition) is 3. The second kappa shape index (κ2) is 6.79. The molecule has 0 amide bonds. The van der Waals surface area contributed by atoms with E-state index in [1.807, 2.05) is 38.1 Å². The Hall–Kier alpha value is -2.11. The van der Waals surface area contributed by atoms with Gasteiger partial charge in [0.25, 0.3) is 0 Å². The maximum atomic E-state index is 11.3. The van der Waals surface area contributed by atoms with E-state index in [2.05, 4.69) is 15.3 Å². The van der Waals surface area contributed by atoms with Crippen LogP contribution < -0.4 is 15.7 Å². The second-order valence-corrected chi connectivity index (χ2v) is 6.58. The first-order chi connectivity index (χ1) is 11.4. The van der Waals surface area contributed by atoms with Crippen LogP contribution in [0.25, 0.3) is 11.0 Å². The lowest BCUT2D eigenvalue weighted by molar-refractivity contribution is 0.240. The number of benzene rings is 2. The number of imidazole rings is 1. The fourth-order valence-corrected chi connectivity index (χ4v) is 3.03. The van der Waals surface area contributed by atoms with Crippen molar-refractivity contribution in [2.24, 2.45) is 0 Å². The van der Waals surface area contributed by atoms with Gasteiger partial charge in [-0.1, -0.05) is 23.2 Å². The van der Waals surface area contributed by atoms with Crippen LogP contribution in [-0.4, -0.2) is 16.1 Å². The van der Waals surface area contributed by atoms with Crippen molar-refractivity contribution in [2.75, 3.05) is 5.32 Å². The molecule has 0 aliphatic rings. The summed E-state index contributed by atoms with van der Waals surface area (Å²) in [6.45, 7) is 4.37. The molecule has 1 heterocycles. The molecule has 2 aromatic carbocycles. The second-order valence-electron chi connectivity index (χ2n) is 5.74. The molecular formula is C17H17Cl2N3O2. The summed E-state index contributed by atoms with van der Waals surface area (Å²) in [6, 6.07) is 9.09. The zero-order valence-electron chi connectivity index (χ0n) is 13.2. The Morgan fingerprint density at radius 3 is 2.62 bits per heavy atom. The normalized spacial score (nSPS) is 11.2. The molecule has 0 fully saturated rings. The number of halogens is 2. The van der Waals surface area contributed by atoms with Gasteiger partial charge in [0.1, 0.15) is 5.75 Å². The molecule has 0 bridgehead atoms. The van der Waals surface area contributed by atoms with Crippen molar-refractivity contribution in [1.82, 2.24) is 9.97 Å². The minimum Gasteiger partial charge on any atom is -0.489 e. The molecule has 0 aliphatic carbocycles. The van der Waals surface area contributed by atoms with Gasteiger partial charge in [0.2, 0.25) is 0 Å². The number of hydrogen-bond donors (Lipinski definition) is 3. The molecule has 24 heavy (non-hydrogen) atoms. The average molecular weight is 366 g/mol. The summed E-state index contributed by atoms with van der Waals surface area (Å²) in [5.74, 6) is 0.625. The summed E-state index contributed by atoms with van der Waals surface area (Å²) in [5.41, 5.74) is 3.01. The molecule has 0 saturated heterocycles. The van der Waals surface area contributed by atoms with Crippen molar-refractivity contribution < 1.29 is 4.74 Å². The van der Waals surface area contributed by atoms with E-state index in [1.165, 1.54) is 0 Å². The van der Waals surface area contributed by atoms with Crippen LogP contribution in [0.1, 0.15) is 19.4 Å². The van der Waals surface area contributed by atoms with E-state index in [0.29, 0.717) is 22.3 Å². The molecule has 0 atom stereocenters. The molecule has 0 aliphatic heterocycles. The number of rotatable bonds is 5. The smallest absolute Gasteiger partial charge is 0.323 e. The van der Waals surface area contributed by atoms with E-state index in [4.69, 9.17) is 27.9 Å². The number of aromatic amines is 2. The van der Waals surface area contributed by atoms with Gasteiger partial charge in [-0.3, -0.25) is 0 Å².